The fraction of sp³-hybridized carbons (Fsp3) is 0.500. The molecule has 0 bridgehead atoms. The molecule has 0 aliphatic heterocycles. The highest BCUT2D eigenvalue weighted by atomic mass is 32.2. The zero-order valence-corrected chi connectivity index (χ0v) is 12.5. The van der Waals surface area contributed by atoms with E-state index in [9.17, 15) is 17.9 Å². The van der Waals surface area contributed by atoms with E-state index in [-0.39, 0.29) is 10.5 Å². The standard InChI is InChI=1S/C14H17FN2O3S/c1-17(13-4-2-3-5-14(13)18)21(19,20)11-6-7-12(15)10(8-11)9-16/h6-8,13-14,18H,2-5H2,1H3. The van der Waals surface area contributed by atoms with Crippen LogP contribution in [0.15, 0.2) is 23.1 Å². The Morgan fingerprint density at radius 3 is 2.67 bits per heavy atom. The summed E-state index contributed by atoms with van der Waals surface area (Å²) in [7, 11) is -2.46. The second kappa shape index (κ2) is 6.10. The van der Waals surface area contributed by atoms with Gasteiger partial charge in [-0.05, 0) is 31.0 Å². The van der Waals surface area contributed by atoms with Crippen LogP contribution in [0.3, 0.4) is 0 Å². The molecule has 0 aromatic heterocycles. The molecule has 1 aliphatic rings. The van der Waals surface area contributed by atoms with Gasteiger partial charge in [0.05, 0.1) is 22.6 Å². The minimum Gasteiger partial charge on any atom is -0.391 e. The number of hydrogen-bond donors (Lipinski definition) is 1. The maximum Gasteiger partial charge on any atom is 0.243 e. The number of nitriles is 1. The summed E-state index contributed by atoms with van der Waals surface area (Å²) in [4.78, 5) is -0.138. The van der Waals surface area contributed by atoms with E-state index in [1.807, 2.05) is 0 Å². The number of hydrogen-bond acceptors (Lipinski definition) is 4. The van der Waals surface area contributed by atoms with Crippen molar-refractivity contribution in [1.29, 1.82) is 5.26 Å². The molecule has 7 heteroatoms. The molecule has 1 fully saturated rings. The van der Waals surface area contributed by atoms with E-state index in [1.54, 1.807) is 6.07 Å². The molecule has 1 aromatic rings. The summed E-state index contributed by atoms with van der Waals surface area (Å²) in [5.74, 6) is -0.753. The molecule has 0 heterocycles. The lowest BCUT2D eigenvalue weighted by Gasteiger charge is -2.34. The maximum atomic E-state index is 13.3. The van der Waals surface area contributed by atoms with Crippen molar-refractivity contribution in [3.05, 3.63) is 29.6 Å². The summed E-state index contributed by atoms with van der Waals surface area (Å²) in [6.45, 7) is 0. The minimum absolute atomic E-state index is 0.138. The first-order chi connectivity index (χ1) is 9.87. The molecule has 1 N–H and O–H groups in total. The van der Waals surface area contributed by atoms with E-state index >= 15 is 0 Å². The molecule has 0 spiro atoms. The van der Waals surface area contributed by atoms with Crippen LogP contribution in [0.4, 0.5) is 4.39 Å². The van der Waals surface area contributed by atoms with Gasteiger partial charge in [0.1, 0.15) is 11.9 Å². The monoisotopic (exact) mass is 312 g/mol. The molecule has 1 aromatic carbocycles. The third kappa shape index (κ3) is 3.07. The van der Waals surface area contributed by atoms with Crippen LogP contribution in [0.25, 0.3) is 0 Å². The highest BCUT2D eigenvalue weighted by molar-refractivity contribution is 7.89. The summed E-state index contributed by atoms with van der Waals surface area (Å²) < 4.78 is 39.5. The van der Waals surface area contributed by atoms with Crippen molar-refractivity contribution < 1.29 is 17.9 Å². The van der Waals surface area contributed by atoms with E-state index in [0.29, 0.717) is 12.8 Å². The average Bonchev–Trinajstić information content (AvgIpc) is 2.47. The van der Waals surface area contributed by atoms with Crippen LogP contribution >= 0.6 is 0 Å². The van der Waals surface area contributed by atoms with E-state index in [2.05, 4.69) is 0 Å². The molecule has 2 rings (SSSR count). The lowest BCUT2D eigenvalue weighted by Crippen LogP contribution is -2.46. The van der Waals surface area contributed by atoms with Gasteiger partial charge < -0.3 is 5.11 Å². The van der Waals surface area contributed by atoms with Crippen LogP contribution in [-0.4, -0.2) is 37.0 Å². The van der Waals surface area contributed by atoms with Crippen LogP contribution in [0.2, 0.25) is 0 Å². The van der Waals surface area contributed by atoms with Gasteiger partial charge in [0.25, 0.3) is 0 Å². The van der Waals surface area contributed by atoms with Crippen molar-refractivity contribution in [2.45, 2.75) is 42.7 Å². The molecule has 1 saturated carbocycles. The first kappa shape index (κ1) is 15.9. The van der Waals surface area contributed by atoms with Crippen molar-refractivity contribution in [1.82, 2.24) is 4.31 Å². The van der Waals surface area contributed by atoms with Crippen LogP contribution in [0.5, 0.6) is 0 Å². The SMILES string of the molecule is CN(C1CCCCC1O)S(=O)(=O)c1ccc(F)c(C#N)c1. The van der Waals surface area contributed by atoms with Gasteiger partial charge in [-0.15, -0.1) is 0 Å². The Bertz CT molecular complexity index is 669. The zero-order valence-electron chi connectivity index (χ0n) is 11.7. The maximum absolute atomic E-state index is 13.3. The Hall–Kier alpha value is -1.49. The number of nitrogens with zero attached hydrogens (tertiary/aromatic N) is 2. The third-order valence-corrected chi connectivity index (χ3v) is 5.77. The number of halogens is 1. The van der Waals surface area contributed by atoms with Gasteiger partial charge in [-0.25, -0.2) is 12.8 Å². The Balaban J connectivity index is 2.35. The number of likely N-dealkylation sites (N-methyl/N-ethyl adjacent to an activating group) is 1. The quantitative estimate of drug-likeness (QED) is 0.919. The predicted octanol–water partition coefficient (Wildman–Crippen LogP) is 1.62. The number of benzene rings is 1. The van der Waals surface area contributed by atoms with Gasteiger partial charge in [-0.3, -0.25) is 0 Å². The molecule has 5 nitrogen and oxygen atoms in total. The van der Waals surface area contributed by atoms with E-state index in [1.165, 1.54) is 7.05 Å². The first-order valence-corrected chi connectivity index (χ1v) is 8.17. The van der Waals surface area contributed by atoms with Crippen LogP contribution in [0.1, 0.15) is 31.2 Å². The molecular formula is C14H17FN2O3S. The first-order valence-electron chi connectivity index (χ1n) is 6.73. The summed E-state index contributed by atoms with van der Waals surface area (Å²) in [6.07, 6.45) is 2.19. The highest BCUT2D eigenvalue weighted by Crippen LogP contribution is 2.27. The fourth-order valence-corrected chi connectivity index (χ4v) is 4.05. The Morgan fingerprint density at radius 2 is 2.05 bits per heavy atom. The molecule has 21 heavy (non-hydrogen) atoms. The van der Waals surface area contributed by atoms with Gasteiger partial charge in [0.2, 0.25) is 10.0 Å². The summed E-state index contributed by atoms with van der Waals surface area (Å²) in [6, 6.07) is 4.27. The van der Waals surface area contributed by atoms with Crippen molar-refractivity contribution in [3.63, 3.8) is 0 Å². The number of aliphatic hydroxyl groups is 1. The Kier molecular flexibility index (Phi) is 4.61. The third-order valence-electron chi connectivity index (χ3n) is 3.90. The highest BCUT2D eigenvalue weighted by Gasteiger charge is 2.34. The second-order valence-corrected chi connectivity index (χ2v) is 7.19. The van der Waals surface area contributed by atoms with Crippen molar-refractivity contribution in [3.8, 4) is 6.07 Å². The van der Waals surface area contributed by atoms with E-state index in [0.717, 1.165) is 35.3 Å². The summed E-state index contributed by atoms with van der Waals surface area (Å²) in [5, 5.41) is 18.8. The lowest BCUT2D eigenvalue weighted by molar-refractivity contribution is 0.0638. The Morgan fingerprint density at radius 1 is 1.38 bits per heavy atom. The molecule has 1 aliphatic carbocycles. The van der Waals surface area contributed by atoms with Gasteiger partial charge >= 0.3 is 0 Å². The number of sulfonamides is 1. The zero-order chi connectivity index (χ0) is 15.6. The molecular weight excluding hydrogens is 295 g/mol. The van der Waals surface area contributed by atoms with Crippen molar-refractivity contribution in [2.75, 3.05) is 7.05 Å². The number of rotatable bonds is 3. The van der Waals surface area contributed by atoms with Gasteiger partial charge in [-0.1, -0.05) is 12.8 Å². The number of aliphatic hydroxyl groups excluding tert-OH is 1. The van der Waals surface area contributed by atoms with Crippen LogP contribution in [0, 0.1) is 17.1 Å². The second-order valence-electron chi connectivity index (χ2n) is 5.19. The molecule has 0 radical (unpaired) electrons. The smallest absolute Gasteiger partial charge is 0.243 e. The minimum atomic E-state index is -3.87. The Labute approximate surface area is 123 Å². The normalized spacial score (nSPS) is 23.0. The van der Waals surface area contributed by atoms with Gasteiger partial charge in [0, 0.05) is 7.05 Å². The van der Waals surface area contributed by atoms with Crippen molar-refractivity contribution >= 4 is 10.0 Å². The largest absolute Gasteiger partial charge is 0.391 e. The van der Waals surface area contributed by atoms with E-state index < -0.39 is 28.0 Å². The molecule has 114 valence electrons. The molecule has 0 saturated heterocycles. The van der Waals surface area contributed by atoms with Crippen LogP contribution < -0.4 is 0 Å². The van der Waals surface area contributed by atoms with Crippen molar-refractivity contribution in [2.24, 2.45) is 0 Å². The average molecular weight is 312 g/mol. The van der Waals surface area contributed by atoms with Crippen LogP contribution in [-0.2, 0) is 10.0 Å². The van der Waals surface area contributed by atoms with Gasteiger partial charge in [0.15, 0.2) is 0 Å². The van der Waals surface area contributed by atoms with E-state index in [4.69, 9.17) is 5.26 Å². The fourth-order valence-electron chi connectivity index (χ4n) is 2.61. The summed E-state index contributed by atoms with van der Waals surface area (Å²) >= 11 is 0. The summed E-state index contributed by atoms with van der Waals surface area (Å²) in [5.41, 5.74) is -0.311. The van der Waals surface area contributed by atoms with Gasteiger partial charge in [-0.2, -0.15) is 9.57 Å². The lowest BCUT2D eigenvalue weighted by atomic mass is 9.93. The molecule has 2 atom stereocenters. The molecule has 2 unspecified atom stereocenters. The predicted molar refractivity (Wildman–Crippen MR) is 74.3 cm³/mol. The topological polar surface area (TPSA) is 81.4 Å². The molecule has 0 amide bonds.